The first-order valence-electron chi connectivity index (χ1n) is 6.34. The Hall–Kier alpha value is -2.17. The topological polar surface area (TPSA) is 70.6 Å². The van der Waals surface area contributed by atoms with Gasteiger partial charge in [0, 0.05) is 11.3 Å². The van der Waals surface area contributed by atoms with E-state index in [2.05, 4.69) is 15.8 Å². The highest BCUT2D eigenvalue weighted by atomic mass is 16.2. The second kappa shape index (κ2) is 8.02. The maximum atomic E-state index is 11.7. The van der Waals surface area contributed by atoms with Crippen LogP contribution in [0.4, 0.5) is 0 Å². The van der Waals surface area contributed by atoms with Gasteiger partial charge in [-0.2, -0.15) is 5.10 Å². The van der Waals surface area contributed by atoms with Gasteiger partial charge in [-0.15, -0.1) is 0 Å². The molecule has 0 fully saturated rings. The number of nitrogens with one attached hydrogen (secondary N) is 2. The van der Waals surface area contributed by atoms with Gasteiger partial charge in [0.05, 0.1) is 6.54 Å². The monoisotopic (exact) mass is 261 g/mol. The quantitative estimate of drug-likeness (QED) is 0.604. The predicted molar refractivity (Wildman–Crippen MR) is 74.9 cm³/mol. The van der Waals surface area contributed by atoms with E-state index in [9.17, 15) is 9.59 Å². The molecule has 1 aromatic carbocycles. The van der Waals surface area contributed by atoms with Crippen molar-refractivity contribution in [3.05, 3.63) is 35.9 Å². The number of hydrogen-bond acceptors (Lipinski definition) is 3. The number of amides is 2. The van der Waals surface area contributed by atoms with E-state index in [1.807, 2.05) is 19.9 Å². The minimum atomic E-state index is -0.330. The highest BCUT2D eigenvalue weighted by molar-refractivity contribution is 5.96. The molecule has 0 unspecified atom stereocenters. The van der Waals surface area contributed by atoms with Crippen molar-refractivity contribution in [2.45, 2.75) is 26.7 Å². The van der Waals surface area contributed by atoms with E-state index in [1.54, 1.807) is 24.3 Å². The summed E-state index contributed by atoms with van der Waals surface area (Å²) in [7, 11) is 0. The van der Waals surface area contributed by atoms with Gasteiger partial charge in [0.1, 0.15) is 0 Å². The molecule has 0 aliphatic heterocycles. The lowest BCUT2D eigenvalue weighted by Gasteiger charge is -2.05. The fourth-order valence-corrected chi connectivity index (χ4v) is 1.44. The molecule has 0 saturated carbocycles. The van der Waals surface area contributed by atoms with E-state index in [0.717, 1.165) is 18.6 Å². The summed E-state index contributed by atoms with van der Waals surface area (Å²) in [4.78, 5) is 23.2. The van der Waals surface area contributed by atoms with Gasteiger partial charge in [0.2, 0.25) is 0 Å². The number of benzene rings is 1. The molecule has 1 aromatic rings. The summed E-state index contributed by atoms with van der Waals surface area (Å²) in [5.74, 6) is -0.602. The molecule has 1 rings (SSSR count). The van der Waals surface area contributed by atoms with Gasteiger partial charge < -0.3 is 5.32 Å². The Morgan fingerprint density at radius 3 is 2.32 bits per heavy atom. The van der Waals surface area contributed by atoms with Crippen LogP contribution in [-0.2, 0) is 4.79 Å². The van der Waals surface area contributed by atoms with Gasteiger partial charge >= 0.3 is 0 Å². The second-order valence-electron chi connectivity index (χ2n) is 3.97. The predicted octanol–water partition coefficient (Wildman–Crippen LogP) is 1.71. The Morgan fingerprint density at radius 1 is 1.11 bits per heavy atom. The molecule has 2 N–H and O–H groups in total. The molecule has 0 aliphatic rings. The van der Waals surface area contributed by atoms with Crippen LogP contribution in [0.1, 0.15) is 37.0 Å². The average molecular weight is 261 g/mol. The van der Waals surface area contributed by atoms with E-state index in [-0.39, 0.29) is 18.4 Å². The van der Waals surface area contributed by atoms with Crippen LogP contribution in [0, 0.1) is 0 Å². The van der Waals surface area contributed by atoms with Gasteiger partial charge in [-0.25, -0.2) is 5.43 Å². The summed E-state index contributed by atoms with van der Waals surface area (Å²) in [6.45, 7) is 3.87. The molecule has 0 aliphatic carbocycles. The standard InChI is InChI=1S/C14H19N3O2/c1-3-12(4-2)16-17-13(18)10-15-14(19)11-8-6-5-7-9-11/h5-9H,3-4,10H2,1-2H3,(H,15,19)(H,17,18). The van der Waals surface area contributed by atoms with Crippen molar-refractivity contribution in [3.63, 3.8) is 0 Å². The number of rotatable bonds is 6. The van der Waals surface area contributed by atoms with Crippen molar-refractivity contribution in [3.8, 4) is 0 Å². The number of carbonyl (C=O) groups is 2. The molecule has 0 aromatic heterocycles. The Balaban J connectivity index is 2.39. The molecule has 0 heterocycles. The minimum absolute atomic E-state index is 0.0854. The first kappa shape index (κ1) is 14.9. The number of hydrogen-bond donors (Lipinski definition) is 2. The summed E-state index contributed by atoms with van der Waals surface area (Å²) in [5.41, 5.74) is 3.87. The van der Waals surface area contributed by atoms with E-state index in [0.29, 0.717) is 5.56 Å². The lowest BCUT2D eigenvalue weighted by atomic mass is 10.2. The minimum Gasteiger partial charge on any atom is -0.343 e. The molecule has 5 nitrogen and oxygen atoms in total. The highest BCUT2D eigenvalue weighted by Gasteiger charge is 2.06. The molecule has 19 heavy (non-hydrogen) atoms. The zero-order valence-electron chi connectivity index (χ0n) is 11.3. The van der Waals surface area contributed by atoms with E-state index < -0.39 is 0 Å². The van der Waals surface area contributed by atoms with Crippen molar-refractivity contribution in [1.29, 1.82) is 0 Å². The average Bonchev–Trinajstić information content (AvgIpc) is 2.46. The van der Waals surface area contributed by atoms with Crippen LogP contribution in [0.5, 0.6) is 0 Å². The molecule has 0 spiro atoms. The lowest BCUT2D eigenvalue weighted by Crippen LogP contribution is -2.35. The normalized spacial score (nSPS) is 9.58. The summed E-state index contributed by atoms with van der Waals surface area (Å²) in [6, 6.07) is 8.76. The van der Waals surface area contributed by atoms with Crippen LogP contribution in [0.3, 0.4) is 0 Å². The molecule has 5 heteroatoms. The van der Waals surface area contributed by atoms with Crippen molar-refractivity contribution in [2.24, 2.45) is 5.10 Å². The summed E-state index contributed by atoms with van der Waals surface area (Å²) in [5, 5.41) is 6.52. The number of carbonyl (C=O) groups excluding carboxylic acids is 2. The Kier molecular flexibility index (Phi) is 6.29. The van der Waals surface area contributed by atoms with Crippen molar-refractivity contribution >= 4 is 17.5 Å². The summed E-state index contributed by atoms with van der Waals surface area (Å²) >= 11 is 0. The third-order valence-corrected chi connectivity index (χ3v) is 2.60. The van der Waals surface area contributed by atoms with Crippen molar-refractivity contribution < 1.29 is 9.59 Å². The first-order valence-corrected chi connectivity index (χ1v) is 6.34. The fourth-order valence-electron chi connectivity index (χ4n) is 1.44. The van der Waals surface area contributed by atoms with Gasteiger partial charge in [-0.1, -0.05) is 32.0 Å². The van der Waals surface area contributed by atoms with Crippen molar-refractivity contribution in [1.82, 2.24) is 10.7 Å². The third kappa shape index (κ3) is 5.33. The zero-order valence-corrected chi connectivity index (χ0v) is 11.3. The number of hydrazone groups is 1. The SMILES string of the molecule is CCC(CC)=NNC(=O)CNC(=O)c1ccccc1. The fraction of sp³-hybridized carbons (Fsp3) is 0.357. The van der Waals surface area contributed by atoms with Crippen molar-refractivity contribution in [2.75, 3.05) is 6.54 Å². The molecule has 0 saturated heterocycles. The highest BCUT2D eigenvalue weighted by Crippen LogP contribution is 1.97. The molecule has 0 bridgehead atoms. The molecule has 2 amide bonds. The molecule has 102 valence electrons. The first-order chi connectivity index (χ1) is 9.17. The maximum Gasteiger partial charge on any atom is 0.259 e. The van der Waals surface area contributed by atoms with Crippen LogP contribution in [-0.4, -0.2) is 24.1 Å². The van der Waals surface area contributed by atoms with E-state index in [4.69, 9.17) is 0 Å². The van der Waals surface area contributed by atoms with Gasteiger partial charge in [0.15, 0.2) is 0 Å². The van der Waals surface area contributed by atoms with Crippen LogP contribution in [0.2, 0.25) is 0 Å². The summed E-state index contributed by atoms with van der Waals surface area (Å²) < 4.78 is 0. The molecular formula is C14H19N3O2. The third-order valence-electron chi connectivity index (χ3n) is 2.60. The molecular weight excluding hydrogens is 242 g/mol. The van der Waals surface area contributed by atoms with Gasteiger partial charge in [-0.3, -0.25) is 9.59 Å². The maximum absolute atomic E-state index is 11.7. The molecule has 0 atom stereocenters. The zero-order chi connectivity index (χ0) is 14.1. The van der Waals surface area contributed by atoms with Gasteiger partial charge in [0.25, 0.3) is 11.8 Å². The smallest absolute Gasteiger partial charge is 0.259 e. The van der Waals surface area contributed by atoms with E-state index >= 15 is 0 Å². The Morgan fingerprint density at radius 2 is 1.74 bits per heavy atom. The largest absolute Gasteiger partial charge is 0.343 e. The Labute approximate surface area is 113 Å². The van der Waals surface area contributed by atoms with Crippen LogP contribution >= 0.6 is 0 Å². The van der Waals surface area contributed by atoms with Gasteiger partial charge in [-0.05, 0) is 25.0 Å². The van der Waals surface area contributed by atoms with E-state index in [1.165, 1.54) is 0 Å². The Bertz CT molecular complexity index is 449. The lowest BCUT2D eigenvalue weighted by molar-refractivity contribution is -0.120. The van der Waals surface area contributed by atoms with Crippen LogP contribution < -0.4 is 10.7 Å². The van der Waals surface area contributed by atoms with Crippen LogP contribution in [0.25, 0.3) is 0 Å². The summed E-state index contributed by atoms with van der Waals surface area (Å²) in [6.07, 6.45) is 1.60. The second-order valence-corrected chi connectivity index (χ2v) is 3.97. The van der Waals surface area contributed by atoms with Crippen LogP contribution in [0.15, 0.2) is 35.4 Å². The number of nitrogens with zero attached hydrogens (tertiary/aromatic N) is 1. The molecule has 0 radical (unpaired) electrons.